The molecule has 1 saturated heterocycles. The third kappa shape index (κ3) is 14.3. The summed E-state index contributed by atoms with van der Waals surface area (Å²) >= 11 is 0. The fraction of sp³-hybridized carbons (Fsp3) is 0.600. The number of rotatable bonds is 28. The van der Waals surface area contributed by atoms with E-state index < -0.39 is 50.4 Å². The largest absolute Gasteiger partial charge is 0.461 e. The molecule has 5 rings (SSSR count). The molecule has 15 heteroatoms. The summed E-state index contributed by atoms with van der Waals surface area (Å²) in [4.78, 5) is 26.0. The number of hydrogen-bond donors (Lipinski definition) is 3. The topological polar surface area (TPSA) is 173 Å². The molecule has 4 N–H and O–H groups in total. The smallest absolute Gasteiger partial charge is 0.459 e. The van der Waals surface area contributed by atoms with Gasteiger partial charge >= 0.3 is 19.8 Å². The second-order valence-corrected chi connectivity index (χ2v) is 18.0. The lowest BCUT2D eigenvalue weighted by atomic mass is 10.0. The molecule has 60 heavy (non-hydrogen) atoms. The second kappa shape index (κ2) is 23.9. The number of aromatic nitrogens is 4. The Morgan fingerprint density at radius 3 is 2.13 bits per heavy atom. The van der Waals surface area contributed by atoms with Gasteiger partial charge in [0.15, 0.2) is 17.0 Å². The number of nitrogen functional groups attached to an aromatic ring is 1. The van der Waals surface area contributed by atoms with Gasteiger partial charge in [-0.3, -0.25) is 13.9 Å². The molecule has 1 aliphatic rings. The van der Waals surface area contributed by atoms with Crippen LogP contribution in [0.2, 0.25) is 0 Å². The van der Waals surface area contributed by atoms with Crippen molar-refractivity contribution in [1.82, 2.24) is 24.6 Å². The van der Waals surface area contributed by atoms with E-state index in [1.807, 2.05) is 30.3 Å². The molecule has 1 aliphatic heterocycles. The zero-order valence-corrected chi connectivity index (χ0v) is 36.6. The number of benzene rings is 2. The number of imidazole rings is 1. The number of unbranched alkanes of at least 4 members (excludes halogenated alkanes) is 12. The monoisotopic (exact) mass is 852 g/mol. The van der Waals surface area contributed by atoms with Crippen molar-refractivity contribution in [2.45, 2.75) is 166 Å². The number of fused-ring (bicyclic) bond motifs is 1. The molecule has 13 nitrogen and oxygen atoms in total. The Morgan fingerprint density at radius 1 is 0.933 bits per heavy atom. The van der Waals surface area contributed by atoms with Crippen molar-refractivity contribution in [3.8, 4) is 5.75 Å². The Balaban J connectivity index is 1.33. The maximum atomic E-state index is 15.0. The molecule has 0 spiro atoms. The number of esters is 1. The van der Waals surface area contributed by atoms with Crippen LogP contribution >= 0.6 is 7.75 Å². The van der Waals surface area contributed by atoms with E-state index in [0.717, 1.165) is 56.9 Å². The Morgan fingerprint density at radius 2 is 1.52 bits per heavy atom. The van der Waals surface area contributed by atoms with Crippen molar-refractivity contribution >= 4 is 30.7 Å². The van der Waals surface area contributed by atoms with Gasteiger partial charge in [-0.25, -0.2) is 9.55 Å². The Hall–Kier alpha value is -3.94. The van der Waals surface area contributed by atoms with E-state index in [4.69, 9.17) is 24.3 Å². The van der Waals surface area contributed by atoms with Crippen LogP contribution in [0.25, 0.3) is 11.2 Å². The minimum absolute atomic E-state index is 0.0515. The summed E-state index contributed by atoms with van der Waals surface area (Å²) in [5, 5.41) is 14.3. The predicted octanol–water partition coefficient (Wildman–Crippen LogP) is 10.2. The highest BCUT2D eigenvalue weighted by atomic mass is 31.2. The molecule has 0 aliphatic carbocycles. The standard InChI is InChI=1S/C45H66FN6O7P/c1-4-6-8-10-12-14-20-26-35(27-21-15-13-11-9-7-5-2)57-43(54)37(30-34-24-18-16-19-25-34)51-60(55,59-36-28-22-17-23-29-36)56-32-45(3)38(53)31-39(58-45)52-33-48-40-41(47)49-44(46)50-42(40)52/h16-19,22-25,28-29,33,35,37-39,53H,4-15,20-21,26-27,30-32H2,1-3H3,(H,51,55)(H2,47,49,50)/t37-,38-,39+,45+,60?/m0/s1. The molecular weight excluding hydrogens is 787 g/mol. The molecule has 3 heterocycles. The number of nitrogens with one attached hydrogen (secondary N) is 1. The van der Waals surface area contributed by atoms with Gasteiger partial charge in [-0.1, -0.05) is 139 Å². The van der Waals surface area contributed by atoms with Crippen LogP contribution in [0.3, 0.4) is 0 Å². The minimum atomic E-state index is -4.41. The van der Waals surface area contributed by atoms with Crippen molar-refractivity contribution in [2.24, 2.45) is 0 Å². The molecule has 1 unspecified atom stereocenters. The molecule has 0 bridgehead atoms. The number of ether oxygens (including phenoxy) is 2. The highest BCUT2D eigenvalue weighted by Crippen LogP contribution is 2.48. The zero-order valence-electron chi connectivity index (χ0n) is 35.7. The van der Waals surface area contributed by atoms with Gasteiger partial charge in [-0.15, -0.1) is 0 Å². The summed E-state index contributed by atoms with van der Waals surface area (Å²) in [6, 6.07) is 16.9. The number of para-hydroxylation sites is 1. The van der Waals surface area contributed by atoms with Gasteiger partial charge in [0.1, 0.15) is 29.7 Å². The molecule has 5 atom stereocenters. The van der Waals surface area contributed by atoms with Crippen LogP contribution in [-0.4, -0.2) is 61.1 Å². The number of aliphatic hydroxyl groups excluding tert-OH is 1. The first kappa shape index (κ1) is 47.1. The Labute approximate surface area is 355 Å². The molecule has 2 aromatic heterocycles. The molecule has 0 radical (unpaired) electrons. The van der Waals surface area contributed by atoms with Gasteiger partial charge in [0.2, 0.25) is 0 Å². The van der Waals surface area contributed by atoms with Crippen LogP contribution in [0.1, 0.15) is 142 Å². The number of aliphatic hydroxyl groups is 1. The summed E-state index contributed by atoms with van der Waals surface area (Å²) in [6.07, 6.45) is 16.0. The molecule has 4 aromatic rings. The van der Waals surface area contributed by atoms with Crippen molar-refractivity contribution in [1.29, 1.82) is 0 Å². The van der Waals surface area contributed by atoms with E-state index in [1.165, 1.54) is 62.3 Å². The molecule has 1 fully saturated rings. The van der Waals surface area contributed by atoms with Crippen molar-refractivity contribution in [2.75, 3.05) is 12.3 Å². The molecule has 0 amide bonds. The summed E-state index contributed by atoms with van der Waals surface area (Å²) in [5.74, 6) is -0.424. The van der Waals surface area contributed by atoms with Gasteiger partial charge in [0.05, 0.1) is 19.0 Å². The second-order valence-electron chi connectivity index (χ2n) is 16.3. The summed E-state index contributed by atoms with van der Waals surface area (Å²) in [7, 11) is -4.41. The number of anilines is 1. The number of nitrogens with two attached hydrogens (primary N) is 1. The highest BCUT2D eigenvalue weighted by Gasteiger charge is 2.48. The van der Waals surface area contributed by atoms with Crippen LogP contribution < -0.4 is 15.3 Å². The fourth-order valence-corrected chi connectivity index (χ4v) is 9.20. The number of carbonyl (C=O) groups excluding carboxylic acids is 1. The van der Waals surface area contributed by atoms with Gasteiger partial charge in [0.25, 0.3) is 0 Å². The van der Waals surface area contributed by atoms with E-state index in [2.05, 4.69) is 33.9 Å². The van der Waals surface area contributed by atoms with Crippen LogP contribution in [0.5, 0.6) is 5.75 Å². The lowest BCUT2D eigenvalue weighted by molar-refractivity contribution is -0.152. The number of nitrogens with zero attached hydrogens (tertiary/aromatic N) is 4. The predicted molar refractivity (Wildman–Crippen MR) is 232 cm³/mol. The number of hydrogen-bond acceptors (Lipinski definition) is 11. The molecule has 330 valence electrons. The Kier molecular flexibility index (Phi) is 18.8. The zero-order chi connectivity index (χ0) is 42.8. The maximum Gasteiger partial charge on any atom is 0.459 e. The summed E-state index contributed by atoms with van der Waals surface area (Å²) in [5.41, 5.74) is 5.56. The van der Waals surface area contributed by atoms with Crippen LogP contribution in [0.4, 0.5) is 10.2 Å². The SMILES string of the molecule is CCCCCCCCCC(CCCCCCCCC)OC(=O)[C@H](Cc1ccccc1)NP(=O)(OC[C@@]1(C)O[C@@H](n2cnc3c(N)nc(F)nc32)C[C@@H]1O)Oc1ccccc1. The van der Waals surface area contributed by atoms with Crippen LogP contribution in [0.15, 0.2) is 67.0 Å². The molecule has 2 aromatic carbocycles. The van der Waals surface area contributed by atoms with Crippen molar-refractivity contribution in [3.63, 3.8) is 0 Å². The van der Waals surface area contributed by atoms with Crippen molar-refractivity contribution in [3.05, 3.63) is 78.6 Å². The van der Waals surface area contributed by atoms with Crippen LogP contribution in [-0.2, 0) is 29.8 Å². The average molecular weight is 853 g/mol. The average Bonchev–Trinajstić information content (AvgIpc) is 3.79. The van der Waals surface area contributed by atoms with E-state index in [-0.39, 0.29) is 41.7 Å². The normalized spacial score (nSPS) is 19.4. The van der Waals surface area contributed by atoms with Gasteiger partial charge < -0.3 is 24.8 Å². The van der Waals surface area contributed by atoms with E-state index in [9.17, 15) is 18.9 Å². The molecular formula is C45H66FN6O7P. The quantitative estimate of drug-likeness (QED) is 0.0214. The lowest BCUT2D eigenvalue weighted by Crippen LogP contribution is -2.44. The van der Waals surface area contributed by atoms with E-state index >= 15 is 0 Å². The van der Waals surface area contributed by atoms with E-state index in [0.29, 0.717) is 0 Å². The number of halogens is 1. The first-order valence-corrected chi connectivity index (χ1v) is 23.6. The number of carbonyl (C=O) groups is 1. The first-order valence-electron chi connectivity index (χ1n) is 22.0. The van der Waals surface area contributed by atoms with Crippen LogP contribution in [0, 0.1) is 6.08 Å². The van der Waals surface area contributed by atoms with Gasteiger partial charge in [-0.2, -0.15) is 19.4 Å². The summed E-state index contributed by atoms with van der Waals surface area (Å²) < 4.78 is 55.5. The fourth-order valence-electron chi connectivity index (χ4n) is 7.61. The Bertz CT molecular complexity index is 1910. The maximum absolute atomic E-state index is 15.0. The van der Waals surface area contributed by atoms with E-state index in [1.54, 1.807) is 37.3 Å². The summed E-state index contributed by atoms with van der Waals surface area (Å²) in [6.45, 7) is 5.64. The lowest BCUT2D eigenvalue weighted by Gasteiger charge is -2.31. The third-order valence-corrected chi connectivity index (χ3v) is 12.7. The van der Waals surface area contributed by atoms with Gasteiger partial charge in [-0.05, 0) is 56.7 Å². The third-order valence-electron chi connectivity index (χ3n) is 11.2. The minimum Gasteiger partial charge on any atom is -0.461 e. The van der Waals surface area contributed by atoms with Crippen molar-refractivity contribution < 1.29 is 37.4 Å². The first-order chi connectivity index (χ1) is 29.0. The van der Waals surface area contributed by atoms with Gasteiger partial charge in [0, 0.05) is 6.42 Å². The highest BCUT2D eigenvalue weighted by molar-refractivity contribution is 7.52. The molecule has 0 saturated carbocycles.